The summed E-state index contributed by atoms with van der Waals surface area (Å²) in [5.74, 6) is -3.03. The quantitative estimate of drug-likeness (QED) is 0.0390. The summed E-state index contributed by atoms with van der Waals surface area (Å²) in [7, 11) is 0. The maximum Gasteiger partial charge on any atom is 0.253 e. The van der Waals surface area contributed by atoms with Gasteiger partial charge in [-0.2, -0.15) is 0 Å². The van der Waals surface area contributed by atoms with Crippen molar-refractivity contribution in [2.24, 2.45) is 5.41 Å². The van der Waals surface area contributed by atoms with Gasteiger partial charge < -0.3 is 66.9 Å². The number of aliphatic hydroxyl groups excluding tert-OH is 8. The fourth-order valence-electron chi connectivity index (χ4n) is 4.89. The lowest BCUT2D eigenvalue weighted by atomic mass is 9.89. The zero-order valence-corrected chi connectivity index (χ0v) is 44.3. The number of hydrogen-bond acceptors (Lipinski definition) is 17. The molecule has 60 heavy (non-hydrogen) atoms. The molecule has 14 N–H and O–H groups in total. The van der Waals surface area contributed by atoms with Crippen molar-refractivity contribution >= 4 is 177 Å². The van der Waals surface area contributed by atoms with Gasteiger partial charge in [-0.25, -0.2) is 0 Å². The van der Waals surface area contributed by atoms with E-state index >= 15 is 0 Å². The average molecular weight is 1530 g/mol. The van der Waals surface area contributed by atoms with Crippen LogP contribution in [0, 0.1) is 26.8 Å². The summed E-state index contributed by atoms with van der Waals surface area (Å²) >= 11 is 10.6. The standard InChI is InChI=1S/C31H40I6N6O14.C2H4O/c32-19-15(27(52)38-1-3-44)21(34)25(23(36)17(19)29(54)40-5-13(50)7-46)42(56)9-31(11-48,12-49)10-43(57)26-22(35)16(28(53)39-2-4-45)20(33)18(24(26)37)30(55)41-6-14(51)8-47;1-2-3/h13-14,44-51,56-57H,1-12H2,(H,38,52)(H,39,53)(H,40,54)(H,41,55);2H,1H3. The fraction of sp³-hybridized carbons (Fsp3) is 0.485. The van der Waals surface area contributed by atoms with Crippen molar-refractivity contribution in [2.75, 3.05) is 89.0 Å². The number of benzene rings is 2. The van der Waals surface area contributed by atoms with Gasteiger partial charge in [0.2, 0.25) is 0 Å². The number of hydroxylamine groups is 2. The molecule has 21 nitrogen and oxygen atoms in total. The summed E-state index contributed by atoms with van der Waals surface area (Å²) in [6, 6.07) is 0. The number of aliphatic hydroxyl groups is 8. The van der Waals surface area contributed by atoms with Gasteiger partial charge in [0.15, 0.2) is 0 Å². The van der Waals surface area contributed by atoms with Crippen LogP contribution in [0.3, 0.4) is 0 Å². The monoisotopic (exact) mass is 1530 g/mol. The SMILES string of the molecule is CC=O.O=C(NCCO)c1c(I)c(C(=O)NCC(O)CO)c(I)c(N(O)CC(CO)(CO)CN(O)c2c(I)c(C(=O)NCCO)c(I)c(C(=O)NCC(O)CO)c2I)c1I. The van der Waals surface area contributed by atoms with Crippen LogP contribution in [-0.4, -0.2) is 172 Å². The minimum Gasteiger partial charge on any atom is -0.396 e. The molecule has 2 atom stereocenters. The van der Waals surface area contributed by atoms with Gasteiger partial charge in [-0.15, -0.1) is 0 Å². The van der Waals surface area contributed by atoms with Crippen LogP contribution in [0.15, 0.2) is 0 Å². The molecule has 0 aliphatic heterocycles. The van der Waals surface area contributed by atoms with Crippen molar-refractivity contribution in [1.82, 2.24) is 21.3 Å². The Morgan fingerprint density at radius 2 is 0.833 bits per heavy atom. The van der Waals surface area contributed by atoms with Crippen LogP contribution in [0.25, 0.3) is 0 Å². The smallest absolute Gasteiger partial charge is 0.253 e. The van der Waals surface area contributed by atoms with Crippen LogP contribution >= 0.6 is 136 Å². The number of hydrogen-bond donors (Lipinski definition) is 14. The zero-order valence-electron chi connectivity index (χ0n) is 31.4. The summed E-state index contributed by atoms with van der Waals surface area (Å²) in [6.07, 6.45) is -1.86. The summed E-state index contributed by atoms with van der Waals surface area (Å²) < 4.78 is 0.667. The van der Waals surface area contributed by atoms with Gasteiger partial charge in [-0.3, -0.25) is 39.7 Å². The number of anilines is 2. The molecule has 0 radical (unpaired) electrons. The van der Waals surface area contributed by atoms with E-state index in [2.05, 4.69) is 21.3 Å². The lowest BCUT2D eigenvalue weighted by Gasteiger charge is -2.38. The second-order valence-electron chi connectivity index (χ2n) is 12.3. The first-order valence-corrected chi connectivity index (χ1v) is 23.6. The second kappa shape index (κ2) is 28.5. The number of halogens is 6. The third-order valence-corrected chi connectivity index (χ3v) is 14.2. The van der Waals surface area contributed by atoms with Crippen LogP contribution in [0.5, 0.6) is 0 Å². The topological polar surface area (TPSA) is 342 Å². The van der Waals surface area contributed by atoms with Gasteiger partial charge in [-0.05, 0) is 142 Å². The molecule has 0 saturated carbocycles. The highest BCUT2D eigenvalue weighted by atomic mass is 127. The second-order valence-corrected chi connectivity index (χ2v) is 18.8. The molecular formula is C33H44I6N6O15. The van der Waals surface area contributed by atoms with Crippen molar-refractivity contribution < 1.29 is 75.2 Å². The van der Waals surface area contributed by atoms with Gasteiger partial charge >= 0.3 is 0 Å². The van der Waals surface area contributed by atoms with Crippen LogP contribution in [0.4, 0.5) is 11.4 Å². The molecule has 4 amide bonds. The summed E-state index contributed by atoms with van der Waals surface area (Å²) in [4.78, 5) is 62.4. The molecule has 0 bridgehead atoms. The van der Waals surface area contributed by atoms with E-state index in [0.717, 1.165) is 6.29 Å². The van der Waals surface area contributed by atoms with Gasteiger partial charge in [-0.1, -0.05) is 0 Å². The minimum atomic E-state index is -1.84. The highest BCUT2D eigenvalue weighted by Gasteiger charge is 2.39. The third kappa shape index (κ3) is 15.3. The third-order valence-electron chi connectivity index (χ3n) is 7.87. The first kappa shape index (κ1) is 57.6. The Morgan fingerprint density at radius 3 is 1.07 bits per heavy atom. The van der Waals surface area contributed by atoms with Gasteiger partial charge in [0.25, 0.3) is 23.6 Å². The molecule has 0 fully saturated rings. The number of aldehydes is 1. The number of rotatable bonds is 22. The molecule has 27 heteroatoms. The molecule has 0 aliphatic carbocycles. The van der Waals surface area contributed by atoms with Crippen LogP contribution < -0.4 is 31.4 Å². The Balaban J connectivity index is 0.00000581. The van der Waals surface area contributed by atoms with Crippen LogP contribution in [0.1, 0.15) is 48.4 Å². The normalized spacial score (nSPS) is 12.1. The molecule has 0 aliphatic rings. The van der Waals surface area contributed by atoms with Crippen molar-refractivity contribution in [3.63, 3.8) is 0 Å². The van der Waals surface area contributed by atoms with E-state index in [1.165, 1.54) is 6.92 Å². The van der Waals surface area contributed by atoms with E-state index in [9.17, 15) is 70.4 Å². The molecule has 0 aromatic heterocycles. The maximum atomic E-state index is 13.5. The average Bonchev–Trinajstić information content (AvgIpc) is 3.19. The van der Waals surface area contributed by atoms with E-state index in [0.29, 0.717) is 10.1 Å². The minimum absolute atomic E-state index is 0.0818. The molecule has 0 saturated heterocycles. The van der Waals surface area contributed by atoms with E-state index in [-0.39, 0.29) is 81.2 Å². The zero-order chi connectivity index (χ0) is 46.1. The molecule has 0 spiro atoms. The van der Waals surface area contributed by atoms with Crippen molar-refractivity contribution in [1.29, 1.82) is 0 Å². The van der Waals surface area contributed by atoms with Crippen molar-refractivity contribution in [3.8, 4) is 0 Å². The number of nitrogens with one attached hydrogen (secondary N) is 4. The number of carbonyl (C=O) groups excluding carboxylic acids is 5. The van der Waals surface area contributed by atoms with Gasteiger partial charge in [0, 0.05) is 33.3 Å². The van der Waals surface area contributed by atoms with Gasteiger partial charge in [0.1, 0.15) is 6.29 Å². The van der Waals surface area contributed by atoms with E-state index in [4.69, 9.17) is 4.79 Å². The summed E-state index contributed by atoms with van der Waals surface area (Å²) in [6.45, 7) is -4.83. The Labute approximate surface area is 425 Å². The fourth-order valence-corrected chi connectivity index (χ4v) is 14.3. The lowest BCUT2D eigenvalue weighted by Crippen LogP contribution is -2.50. The highest BCUT2D eigenvalue weighted by molar-refractivity contribution is 14.1. The molecule has 2 rings (SSSR count). The Bertz CT molecular complexity index is 1710. The van der Waals surface area contributed by atoms with Gasteiger partial charge in [0.05, 0.1) is 118 Å². The number of carbonyl (C=O) groups is 5. The molecule has 2 aromatic rings. The predicted octanol–water partition coefficient (Wildman–Crippen LogP) is -0.808. The van der Waals surface area contributed by atoms with Crippen molar-refractivity contribution in [3.05, 3.63) is 43.7 Å². The lowest BCUT2D eigenvalue weighted by molar-refractivity contribution is -0.106. The molecule has 2 unspecified atom stereocenters. The molecule has 0 heterocycles. The predicted molar refractivity (Wildman–Crippen MR) is 265 cm³/mol. The number of amides is 4. The Kier molecular flexibility index (Phi) is 27.3. The first-order valence-electron chi connectivity index (χ1n) is 17.1. The van der Waals surface area contributed by atoms with E-state index < -0.39 is 94.0 Å². The Hall–Kier alpha value is -0.430. The maximum absolute atomic E-state index is 13.5. The van der Waals surface area contributed by atoms with Crippen molar-refractivity contribution in [2.45, 2.75) is 19.1 Å². The molecule has 2 aromatic carbocycles. The highest BCUT2D eigenvalue weighted by Crippen LogP contribution is 2.41. The number of nitrogens with zero attached hydrogens (tertiary/aromatic N) is 2. The summed E-state index contributed by atoms with van der Waals surface area (Å²) in [5, 5.41) is 113. The van der Waals surface area contributed by atoms with Crippen LogP contribution in [-0.2, 0) is 4.79 Å². The molecule has 338 valence electrons. The van der Waals surface area contributed by atoms with E-state index in [1.54, 1.807) is 136 Å². The van der Waals surface area contributed by atoms with E-state index in [1.807, 2.05) is 0 Å². The summed E-state index contributed by atoms with van der Waals surface area (Å²) in [5.41, 5.74) is -2.48. The van der Waals surface area contributed by atoms with Crippen LogP contribution in [0.2, 0.25) is 0 Å². The Morgan fingerprint density at radius 1 is 0.567 bits per heavy atom. The first-order chi connectivity index (χ1) is 28.2. The molecular weight excluding hydrogens is 1480 g/mol. The largest absolute Gasteiger partial charge is 0.396 e.